The Morgan fingerprint density at radius 2 is 1.94 bits per heavy atom. The van der Waals surface area contributed by atoms with Crippen LogP contribution in [-0.2, 0) is 4.74 Å². The number of anilines is 1. The summed E-state index contributed by atoms with van der Waals surface area (Å²) in [5.74, 6) is 1.85. The first-order valence-corrected chi connectivity index (χ1v) is 13.4. The monoisotopic (exact) mass is 491 g/mol. The highest BCUT2D eigenvalue weighted by molar-refractivity contribution is 8.02. The van der Waals surface area contributed by atoms with Crippen molar-refractivity contribution in [3.05, 3.63) is 53.4 Å². The van der Waals surface area contributed by atoms with E-state index in [0.29, 0.717) is 12.6 Å². The van der Waals surface area contributed by atoms with E-state index >= 15 is 0 Å². The molecule has 1 saturated carbocycles. The number of nitrogens with one attached hydrogen (secondary N) is 1. The Bertz CT molecular complexity index is 1260. The predicted molar refractivity (Wildman–Crippen MR) is 145 cm³/mol. The van der Waals surface area contributed by atoms with Crippen LogP contribution in [0, 0.1) is 0 Å². The van der Waals surface area contributed by atoms with E-state index in [9.17, 15) is 4.79 Å². The molecule has 2 aliphatic rings. The molecule has 3 aromatic rings. The zero-order valence-corrected chi connectivity index (χ0v) is 21.7. The van der Waals surface area contributed by atoms with Gasteiger partial charge in [0, 0.05) is 35.8 Å². The van der Waals surface area contributed by atoms with Crippen LogP contribution < -0.4 is 10.1 Å². The lowest BCUT2D eigenvalue weighted by Gasteiger charge is -2.30. The number of amides is 1. The molecule has 35 heavy (non-hydrogen) atoms. The van der Waals surface area contributed by atoms with Crippen molar-refractivity contribution < 1.29 is 14.3 Å². The fourth-order valence-corrected chi connectivity index (χ4v) is 5.72. The molecule has 0 saturated heterocycles. The van der Waals surface area contributed by atoms with Gasteiger partial charge in [0.2, 0.25) is 0 Å². The molecule has 2 aromatic carbocycles. The number of rotatable bonds is 7. The molecule has 2 heterocycles. The number of thioether (sulfide) groups is 1. The second kappa shape index (κ2) is 9.90. The molecule has 1 aliphatic heterocycles. The van der Waals surface area contributed by atoms with Crippen LogP contribution in [0.5, 0.6) is 5.75 Å². The minimum Gasteiger partial charge on any atom is -0.494 e. The molecule has 1 amide bonds. The van der Waals surface area contributed by atoms with Gasteiger partial charge >= 0.3 is 6.09 Å². The Labute approximate surface area is 211 Å². The van der Waals surface area contributed by atoms with Gasteiger partial charge in [-0.2, -0.15) is 0 Å². The Balaban J connectivity index is 1.65. The minimum atomic E-state index is -0.435. The van der Waals surface area contributed by atoms with E-state index in [1.54, 1.807) is 0 Å². The van der Waals surface area contributed by atoms with Crippen molar-refractivity contribution >= 4 is 40.1 Å². The predicted octanol–water partition coefficient (Wildman–Crippen LogP) is 7.32. The molecular formula is C28H33N3O3S. The standard InChI is InChI=1S/C28H33N3O3S/c1-5-33-22-13-14-23-24(15-22)31(21-7-6-8-21)27(26(23)25-16-35-17-30(25)4)19-9-11-20(12-10-19)29-28(32)34-18(2)3/h9-16,18,21H,5-8,17H2,1-4H3,(H,29,32). The van der Waals surface area contributed by atoms with Crippen LogP contribution in [0.2, 0.25) is 0 Å². The summed E-state index contributed by atoms with van der Waals surface area (Å²) >= 11 is 1.83. The molecule has 0 unspecified atom stereocenters. The maximum Gasteiger partial charge on any atom is 0.411 e. The maximum atomic E-state index is 12.1. The highest BCUT2D eigenvalue weighted by Crippen LogP contribution is 2.47. The summed E-state index contributed by atoms with van der Waals surface area (Å²) in [6.45, 7) is 6.35. The molecule has 0 radical (unpaired) electrons. The molecule has 7 heteroatoms. The summed E-state index contributed by atoms with van der Waals surface area (Å²) in [5.41, 5.74) is 6.82. The van der Waals surface area contributed by atoms with E-state index in [-0.39, 0.29) is 6.10 Å². The van der Waals surface area contributed by atoms with Crippen LogP contribution >= 0.6 is 11.8 Å². The van der Waals surface area contributed by atoms with E-state index in [1.807, 2.05) is 44.7 Å². The summed E-state index contributed by atoms with van der Waals surface area (Å²) < 4.78 is 13.6. The van der Waals surface area contributed by atoms with Crippen molar-refractivity contribution in [2.75, 3.05) is 24.8 Å². The van der Waals surface area contributed by atoms with Crippen molar-refractivity contribution in [2.24, 2.45) is 0 Å². The molecule has 0 spiro atoms. The smallest absolute Gasteiger partial charge is 0.411 e. The molecule has 5 rings (SSSR count). The van der Waals surface area contributed by atoms with Gasteiger partial charge in [0.05, 0.1) is 35.5 Å². The van der Waals surface area contributed by atoms with Gasteiger partial charge in [-0.3, -0.25) is 5.32 Å². The van der Waals surface area contributed by atoms with Crippen LogP contribution in [0.4, 0.5) is 10.5 Å². The molecule has 1 N–H and O–H groups in total. The lowest BCUT2D eigenvalue weighted by atomic mass is 9.92. The maximum absolute atomic E-state index is 12.1. The number of nitrogens with zero attached hydrogens (tertiary/aromatic N) is 2. The SMILES string of the molecule is CCOc1ccc2c(C3=CSCN3C)c(-c3ccc(NC(=O)OC(C)C)cc3)n(C3CCC3)c2c1. The molecule has 0 atom stereocenters. The van der Waals surface area contributed by atoms with Gasteiger partial charge in [-0.25, -0.2) is 4.79 Å². The van der Waals surface area contributed by atoms with Crippen molar-refractivity contribution in [3.63, 3.8) is 0 Å². The van der Waals surface area contributed by atoms with Crippen LogP contribution in [-0.4, -0.2) is 41.2 Å². The first-order chi connectivity index (χ1) is 17.0. The first kappa shape index (κ1) is 23.7. The van der Waals surface area contributed by atoms with E-state index < -0.39 is 6.09 Å². The Hall–Kier alpha value is -3.06. The fraction of sp³-hybridized carbons (Fsp3) is 0.393. The quantitative estimate of drug-likeness (QED) is 0.375. The van der Waals surface area contributed by atoms with E-state index in [1.165, 1.54) is 47.1 Å². The topological polar surface area (TPSA) is 55.7 Å². The number of benzene rings is 2. The van der Waals surface area contributed by atoms with Crippen molar-refractivity contribution in [2.45, 2.75) is 52.2 Å². The number of ether oxygens (including phenoxy) is 2. The van der Waals surface area contributed by atoms with Crippen molar-refractivity contribution in [1.82, 2.24) is 9.47 Å². The third-order valence-electron chi connectivity index (χ3n) is 6.60. The van der Waals surface area contributed by atoms with Crippen LogP contribution in [0.3, 0.4) is 0 Å². The van der Waals surface area contributed by atoms with E-state index in [2.05, 4.69) is 57.6 Å². The normalized spacial score (nSPS) is 15.9. The number of aromatic nitrogens is 1. The van der Waals surface area contributed by atoms with Gasteiger partial charge in [0.15, 0.2) is 0 Å². The number of fused-ring (bicyclic) bond motifs is 1. The summed E-state index contributed by atoms with van der Waals surface area (Å²) in [7, 11) is 2.16. The fourth-order valence-electron chi connectivity index (χ4n) is 4.82. The lowest BCUT2D eigenvalue weighted by molar-refractivity contribution is 0.130. The molecule has 184 valence electrons. The number of hydrogen-bond acceptors (Lipinski definition) is 5. The zero-order valence-electron chi connectivity index (χ0n) is 20.8. The zero-order chi connectivity index (χ0) is 24.5. The number of carbonyl (C=O) groups excluding carboxylic acids is 1. The summed E-state index contributed by atoms with van der Waals surface area (Å²) in [6.07, 6.45) is 3.02. The lowest BCUT2D eigenvalue weighted by Crippen LogP contribution is -2.19. The average molecular weight is 492 g/mol. The molecular weight excluding hydrogens is 458 g/mol. The molecule has 0 bridgehead atoms. The van der Waals surface area contributed by atoms with Crippen molar-refractivity contribution in [1.29, 1.82) is 0 Å². The number of carbonyl (C=O) groups is 1. The summed E-state index contributed by atoms with van der Waals surface area (Å²) in [6, 6.07) is 15.1. The highest BCUT2D eigenvalue weighted by atomic mass is 32.2. The first-order valence-electron chi connectivity index (χ1n) is 12.4. The Kier molecular flexibility index (Phi) is 6.69. The molecule has 6 nitrogen and oxygen atoms in total. The second-order valence-corrected chi connectivity index (χ2v) is 10.3. The summed E-state index contributed by atoms with van der Waals surface area (Å²) in [5, 5.41) is 6.35. The third kappa shape index (κ3) is 4.61. The van der Waals surface area contributed by atoms with Gasteiger partial charge in [-0.1, -0.05) is 12.1 Å². The van der Waals surface area contributed by atoms with Gasteiger partial charge in [0.25, 0.3) is 0 Å². The van der Waals surface area contributed by atoms with E-state index in [0.717, 1.165) is 22.9 Å². The van der Waals surface area contributed by atoms with Gasteiger partial charge in [0.1, 0.15) is 5.75 Å². The Morgan fingerprint density at radius 3 is 2.54 bits per heavy atom. The average Bonchev–Trinajstić information content (AvgIpc) is 3.34. The minimum absolute atomic E-state index is 0.161. The molecule has 1 aliphatic carbocycles. The summed E-state index contributed by atoms with van der Waals surface area (Å²) in [4.78, 5) is 14.4. The largest absolute Gasteiger partial charge is 0.494 e. The van der Waals surface area contributed by atoms with Gasteiger partial charge in [-0.05, 0) is 75.3 Å². The number of hydrogen-bond donors (Lipinski definition) is 1. The third-order valence-corrected chi connectivity index (χ3v) is 7.53. The van der Waals surface area contributed by atoms with Gasteiger partial charge < -0.3 is 18.9 Å². The van der Waals surface area contributed by atoms with Crippen LogP contribution in [0.1, 0.15) is 51.6 Å². The van der Waals surface area contributed by atoms with Crippen LogP contribution in [0.25, 0.3) is 27.9 Å². The highest BCUT2D eigenvalue weighted by Gasteiger charge is 2.31. The second-order valence-electron chi connectivity index (χ2n) is 9.44. The van der Waals surface area contributed by atoms with Crippen LogP contribution in [0.15, 0.2) is 47.9 Å². The molecule has 1 fully saturated rings. The van der Waals surface area contributed by atoms with Gasteiger partial charge in [-0.15, -0.1) is 11.8 Å². The Morgan fingerprint density at radius 1 is 1.17 bits per heavy atom. The van der Waals surface area contributed by atoms with Crippen molar-refractivity contribution in [3.8, 4) is 17.0 Å². The van der Waals surface area contributed by atoms with E-state index in [4.69, 9.17) is 9.47 Å². The molecule has 1 aromatic heterocycles.